The van der Waals surface area contributed by atoms with Crippen LogP contribution in [0.5, 0.6) is 0 Å². The predicted molar refractivity (Wildman–Crippen MR) is 84.8 cm³/mol. The molecular formula is C19H23FO. The molecule has 0 aliphatic heterocycles. The van der Waals surface area contributed by atoms with Crippen LogP contribution in [0, 0.1) is 5.82 Å². The maximum atomic E-state index is 14.1. The van der Waals surface area contributed by atoms with E-state index in [4.69, 9.17) is 0 Å². The van der Waals surface area contributed by atoms with Crippen molar-refractivity contribution >= 4 is 0 Å². The summed E-state index contributed by atoms with van der Waals surface area (Å²) in [4.78, 5) is 0. The van der Waals surface area contributed by atoms with Gasteiger partial charge in [-0.2, -0.15) is 0 Å². The molecule has 2 aromatic rings. The second kappa shape index (κ2) is 5.61. The Morgan fingerprint density at radius 3 is 1.90 bits per heavy atom. The Morgan fingerprint density at radius 1 is 0.905 bits per heavy atom. The summed E-state index contributed by atoms with van der Waals surface area (Å²) in [6, 6.07) is 14.2. The van der Waals surface area contributed by atoms with Crippen LogP contribution >= 0.6 is 0 Å². The molecule has 0 amide bonds. The summed E-state index contributed by atoms with van der Waals surface area (Å²) in [6.07, 6.45) is 0.419. The lowest BCUT2D eigenvalue weighted by molar-refractivity contribution is 0.0725. The predicted octanol–water partition coefficient (Wildman–Crippen LogP) is 4.77. The van der Waals surface area contributed by atoms with Gasteiger partial charge in [0.1, 0.15) is 11.4 Å². The highest BCUT2D eigenvalue weighted by atomic mass is 19.1. The lowest BCUT2D eigenvalue weighted by Gasteiger charge is -2.29. The van der Waals surface area contributed by atoms with Gasteiger partial charge < -0.3 is 5.11 Å². The van der Waals surface area contributed by atoms with E-state index in [1.54, 1.807) is 18.2 Å². The van der Waals surface area contributed by atoms with Gasteiger partial charge in [-0.3, -0.25) is 0 Å². The van der Waals surface area contributed by atoms with Gasteiger partial charge in [0.05, 0.1) is 0 Å². The first-order valence-electron chi connectivity index (χ1n) is 7.37. The molecule has 1 atom stereocenters. The van der Waals surface area contributed by atoms with Crippen LogP contribution in [0.2, 0.25) is 0 Å². The molecule has 0 aromatic heterocycles. The van der Waals surface area contributed by atoms with Crippen molar-refractivity contribution in [2.24, 2.45) is 0 Å². The zero-order chi connectivity index (χ0) is 15.7. The fraction of sp³-hybridized carbons (Fsp3) is 0.368. The van der Waals surface area contributed by atoms with Crippen LogP contribution in [-0.2, 0) is 11.0 Å². The largest absolute Gasteiger partial charge is 0.380 e. The maximum absolute atomic E-state index is 14.1. The van der Waals surface area contributed by atoms with Crippen molar-refractivity contribution < 1.29 is 9.50 Å². The molecule has 0 saturated heterocycles. The molecule has 0 saturated carbocycles. The van der Waals surface area contributed by atoms with Crippen LogP contribution < -0.4 is 0 Å². The molecule has 2 aromatic carbocycles. The summed E-state index contributed by atoms with van der Waals surface area (Å²) in [7, 11) is 0. The minimum Gasteiger partial charge on any atom is -0.380 e. The molecule has 0 aliphatic rings. The second-order valence-corrected chi connectivity index (χ2v) is 6.52. The first-order chi connectivity index (χ1) is 9.79. The van der Waals surface area contributed by atoms with Crippen molar-refractivity contribution in [1.82, 2.24) is 0 Å². The third kappa shape index (κ3) is 3.01. The van der Waals surface area contributed by atoms with E-state index >= 15 is 0 Å². The minimum absolute atomic E-state index is 0.0564. The third-order valence-electron chi connectivity index (χ3n) is 4.06. The van der Waals surface area contributed by atoms with Gasteiger partial charge in [0, 0.05) is 5.56 Å². The molecule has 0 radical (unpaired) electrons. The van der Waals surface area contributed by atoms with Crippen LogP contribution in [0.25, 0.3) is 0 Å². The molecule has 2 heteroatoms. The van der Waals surface area contributed by atoms with E-state index in [9.17, 15) is 9.50 Å². The Balaban J connectivity index is 2.49. The number of aliphatic hydroxyl groups is 1. The molecule has 0 aliphatic carbocycles. The van der Waals surface area contributed by atoms with E-state index in [0.717, 1.165) is 5.56 Å². The lowest BCUT2D eigenvalue weighted by atomic mass is 9.81. The smallest absolute Gasteiger partial charge is 0.129 e. The number of benzene rings is 2. The molecule has 112 valence electrons. The zero-order valence-electron chi connectivity index (χ0n) is 13.2. The number of hydrogen-bond acceptors (Lipinski definition) is 1. The van der Waals surface area contributed by atoms with E-state index in [0.29, 0.717) is 12.0 Å². The van der Waals surface area contributed by atoms with Crippen LogP contribution in [-0.4, -0.2) is 5.11 Å². The Labute approximate surface area is 126 Å². The molecule has 21 heavy (non-hydrogen) atoms. The van der Waals surface area contributed by atoms with Crippen molar-refractivity contribution in [3.05, 3.63) is 71.0 Å². The summed E-state index contributed by atoms with van der Waals surface area (Å²) in [5.41, 5.74) is 1.01. The summed E-state index contributed by atoms with van der Waals surface area (Å²) >= 11 is 0. The van der Waals surface area contributed by atoms with E-state index in [-0.39, 0.29) is 11.2 Å². The Kier molecular flexibility index (Phi) is 4.20. The highest BCUT2D eigenvalue weighted by Gasteiger charge is 2.32. The first kappa shape index (κ1) is 15.7. The van der Waals surface area contributed by atoms with Gasteiger partial charge in [-0.15, -0.1) is 0 Å². The molecule has 0 bridgehead atoms. The Hall–Kier alpha value is -1.67. The molecule has 1 unspecified atom stereocenters. The van der Waals surface area contributed by atoms with Gasteiger partial charge >= 0.3 is 0 Å². The topological polar surface area (TPSA) is 20.2 Å². The summed E-state index contributed by atoms with van der Waals surface area (Å²) in [5, 5.41) is 11.0. The van der Waals surface area contributed by atoms with Gasteiger partial charge in [0.25, 0.3) is 0 Å². The Bertz CT molecular complexity index is 610. The second-order valence-electron chi connectivity index (χ2n) is 6.52. The van der Waals surface area contributed by atoms with Crippen LogP contribution in [0.4, 0.5) is 4.39 Å². The average Bonchev–Trinajstić information content (AvgIpc) is 2.46. The maximum Gasteiger partial charge on any atom is 0.129 e. The highest BCUT2D eigenvalue weighted by Crippen LogP contribution is 2.35. The van der Waals surface area contributed by atoms with Crippen molar-refractivity contribution in [3.8, 4) is 0 Å². The van der Waals surface area contributed by atoms with Gasteiger partial charge in [-0.25, -0.2) is 4.39 Å². The number of rotatable bonds is 3. The summed E-state index contributed by atoms with van der Waals surface area (Å²) in [6.45, 7) is 8.30. The SMILES string of the molecule is CCC(O)(c1ccc(C(C)(C)C)cc1)c1ccccc1F. The standard InChI is InChI=1S/C19H23FO/c1-5-19(21,16-8-6-7-9-17(16)20)15-12-10-14(11-13-15)18(2,3)4/h6-13,21H,5H2,1-4H3. The van der Waals surface area contributed by atoms with E-state index in [1.165, 1.54) is 11.6 Å². The van der Waals surface area contributed by atoms with Crippen molar-refractivity contribution in [2.45, 2.75) is 45.1 Å². The summed E-state index contributed by atoms with van der Waals surface area (Å²) < 4.78 is 14.1. The molecule has 0 heterocycles. The minimum atomic E-state index is -1.29. The normalized spacial score (nSPS) is 14.8. The van der Waals surface area contributed by atoms with Gasteiger partial charge in [0.15, 0.2) is 0 Å². The van der Waals surface area contributed by atoms with Crippen LogP contribution in [0.1, 0.15) is 50.8 Å². The first-order valence-corrected chi connectivity index (χ1v) is 7.37. The molecule has 1 N–H and O–H groups in total. The van der Waals surface area contributed by atoms with Crippen molar-refractivity contribution in [2.75, 3.05) is 0 Å². The van der Waals surface area contributed by atoms with Crippen molar-refractivity contribution in [3.63, 3.8) is 0 Å². The monoisotopic (exact) mass is 286 g/mol. The van der Waals surface area contributed by atoms with Gasteiger partial charge in [0.2, 0.25) is 0 Å². The lowest BCUT2D eigenvalue weighted by Crippen LogP contribution is -2.27. The average molecular weight is 286 g/mol. The van der Waals surface area contributed by atoms with Gasteiger partial charge in [-0.05, 0) is 29.0 Å². The molecule has 1 nitrogen and oxygen atoms in total. The van der Waals surface area contributed by atoms with E-state index < -0.39 is 5.60 Å². The fourth-order valence-electron chi connectivity index (χ4n) is 2.59. The fourth-order valence-corrected chi connectivity index (χ4v) is 2.59. The quantitative estimate of drug-likeness (QED) is 0.861. The number of hydrogen-bond donors (Lipinski definition) is 1. The van der Waals surface area contributed by atoms with Crippen LogP contribution in [0.15, 0.2) is 48.5 Å². The van der Waals surface area contributed by atoms with Gasteiger partial charge in [-0.1, -0.05) is 70.2 Å². The van der Waals surface area contributed by atoms with Crippen molar-refractivity contribution in [1.29, 1.82) is 0 Å². The summed E-state index contributed by atoms with van der Waals surface area (Å²) in [5.74, 6) is -0.373. The molecule has 2 rings (SSSR count). The number of halogens is 1. The van der Waals surface area contributed by atoms with E-state index in [1.807, 2.05) is 31.2 Å². The Morgan fingerprint density at radius 2 is 1.43 bits per heavy atom. The molecule has 0 fully saturated rings. The molecule has 0 spiro atoms. The third-order valence-corrected chi connectivity index (χ3v) is 4.06. The molecular weight excluding hydrogens is 263 g/mol. The van der Waals surface area contributed by atoms with E-state index in [2.05, 4.69) is 20.8 Å². The highest BCUT2D eigenvalue weighted by molar-refractivity contribution is 5.39. The van der Waals surface area contributed by atoms with Crippen LogP contribution in [0.3, 0.4) is 0 Å². The zero-order valence-corrected chi connectivity index (χ0v) is 13.2.